The van der Waals surface area contributed by atoms with Crippen LogP contribution in [0.2, 0.25) is 0 Å². The first kappa shape index (κ1) is 13.4. The van der Waals surface area contributed by atoms with Gasteiger partial charge in [-0.05, 0) is 45.4 Å². The molecule has 0 bridgehead atoms. The van der Waals surface area contributed by atoms with Crippen molar-refractivity contribution >= 4 is 11.0 Å². The number of benzene rings is 1. The summed E-state index contributed by atoms with van der Waals surface area (Å²) in [6.45, 7) is 6.25. The molecule has 1 aliphatic heterocycles. The van der Waals surface area contributed by atoms with E-state index in [1.165, 1.54) is 24.2 Å². The minimum Gasteiger partial charge on any atom is -0.491 e. The number of rotatable bonds is 3. The van der Waals surface area contributed by atoms with Gasteiger partial charge < -0.3 is 14.6 Å². The molecule has 1 fully saturated rings. The predicted octanol–water partition coefficient (Wildman–Crippen LogP) is 2.83. The number of nitrogens with zero attached hydrogens (tertiary/aromatic N) is 2. The second-order valence-electron chi connectivity index (χ2n) is 5.89. The van der Waals surface area contributed by atoms with E-state index in [1.807, 2.05) is 19.9 Å². The molecule has 0 spiro atoms. The number of piperidine rings is 1. The van der Waals surface area contributed by atoms with Crippen molar-refractivity contribution in [3.63, 3.8) is 0 Å². The Morgan fingerprint density at radius 3 is 2.95 bits per heavy atom. The van der Waals surface area contributed by atoms with Gasteiger partial charge in [-0.1, -0.05) is 0 Å². The number of hydrogen-bond donors (Lipinski definition) is 1. The third kappa shape index (κ3) is 2.52. The van der Waals surface area contributed by atoms with E-state index in [-0.39, 0.29) is 6.10 Å². The van der Waals surface area contributed by atoms with Gasteiger partial charge in [0, 0.05) is 25.6 Å². The highest BCUT2D eigenvalue weighted by molar-refractivity contribution is 5.77. The Labute approximate surface area is 120 Å². The SMILES string of the molecule is CC(C)Oc1ccc2c(c1)nc(C1CCCNC1)n2C. The fourth-order valence-electron chi connectivity index (χ4n) is 2.98. The quantitative estimate of drug-likeness (QED) is 0.934. The summed E-state index contributed by atoms with van der Waals surface area (Å²) in [6.07, 6.45) is 2.65. The first-order chi connectivity index (χ1) is 9.65. The molecule has 2 aromatic rings. The van der Waals surface area contributed by atoms with Gasteiger partial charge in [-0.3, -0.25) is 0 Å². The van der Waals surface area contributed by atoms with E-state index in [2.05, 4.69) is 29.1 Å². The molecule has 0 saturated carbocycles. The van der Waals surface area contributed by atoms with Crippen molar-refractivity contribution in [3.8, 4) is 5.75 Å². The van der Waals surface area contributed by atoms with Crippen molar-refractivity contribution in [2.45, 2.75) is 38.7 Å². The zero-order chi connectivity index (χ0) is 14.1. The van der Waals surface area contributed by atoms with E-state index in [1.54, 1.807) is 0 Å². The molecule has 1 saturated heterocycles. The highest BCUT2D eigenvalue weighted by Gasteiger charge is 2.21. The molecule has 4 heteroatoms. The van der Waals surface area contributed by atoms with Crippen LogP contribution >= 0.6 is 0 Å². The van der Waals surface area contributed by atoms with Crippen LogP contribution < -0.4 is 10.1 Å². The summed E-state index contributed by atoms with van der Waals surface area (Å²) >= 11 is 0. The number of nitrogens with one attached hydrogen (secondary N) is 1. The summed E-state index contributed by atoms with van der Waals surface area (Å²) in [5.74, 6) is 2.61. The lowest BCUT2D eigenvalue weighted by Crippen LogP contribution is -2.29. The highest BCUT2D eigenvalue weighted by Crippen LogP contribution is 2.28. The smallest absolute Gasteiger partial charge is 0.121 e. The Kier molecular flexibility index (Phi) is 3.66. The minimum absolute atomic E-state index is 0.193. The molecule has 1 unspecified atom stereocenters. The van der Waals surface area contributed by atoms with Gasteiger partial charge in [0.05, 0.1) is 17.1 Å². The van der Waals surface area contributed by atoms with Crippen molar-refractivity contribution < 1.29 is 4.74 Å². The number of ether oxygens (including phenoxy) is 1. The topological polar surface area (TPSA) is 39.1 Å². The summed E-state index contributed by atoms with van der Waals surface area (Å²) in [7, 11) is 2.11. The van der Waals surface area contributed by atoms with Crippen LogP contribution in [0.3, 0.4) is 0 Å². The summed E-state index contributed by atoms with van der Waals surface area (Å²) in [5.41, 5.74) is 2.22. The van der Waals surface area contributed by atoms with Gasteiger partial charge in [-0.25, -0.2) is 4.98 Å². The van der Waals surface area contributed by atoms with Crippen molar-refractivity contribution in [2.75, 3.05) is 13.1 Å². The number of imidazole rings is 1. The highest BCUT2D eigenvalue weighted by atomic mass is 16.5. The molecule has 1 N–H and O–H groups in total. The van der Waals surface area contributed by atoms with Crippen molar-refractivity contribution in [2.24, 2.45) is 7.05 Å². The van der Waals surface area contributed by atoms with Gasteiger partial charge >= 0.3 is 0 Å². The van der Waals surface area contributed by atoms with Gasteiger partial charge in [-0.2, -0.15) is 0 Å². The predicted molar refractivity (Wildman–Crippen MR) is 81.3 cm³/mol. The fourth-order valence-corrected chi connectivity index (χ4v) is 2.98. The van der Waals surface area contributed by atoms with E-state index < -0.39 is 0 Å². The monoisotopic (exact) mass is 273 g/mol. The first-order valence-corrected chi connectivity index (χ1v) is 7.49. The third-order valence-electron chi connectivity index (χ3n) is 3.92. The van der Waals surface area contributed by atoms with Crippen LogP contribution in [-0.2, 0) is 7.05 Å². The largest absolute Gasteiger partial charge is 0.491 e. The normalized spacial score (nSPS) is 19.7. The number of fused-ring (bicyclic) bond motifs is 1. The molecule has 1 aliphatic rings. The lowest BCUT2D eigenvalue weighted by molar-refractivity contribution is 0.242. The molecule has 0 aliphatic carbocycles. The molecular weight excluding hydrogens is 250 g/mol. The van der Waals surface area contributed by atoms with Crippen LogP contribution in [0, 0.1) is 0 Å². The van der Waals surface area contributed by atoms with Gasteiger partial charge in [0.1, 0.15) is 11.6 Å². The van der Waals surface area contributed by atoms with Crippen LogP contribution in [0.5, 0.6) is 5.75 Å². The van der Waals surface area contributed by atoms with Crippen molar-refractivity contribution in [1.29, 1.82) is 0 Å². The maximum atomic E-state index is 5.76. The number of aryl methyl sites for hydroxylation is 1. The zero-order valence-corrected chi connectivity index (χ0v) is 12.5. The number of aromatic nitrogens is 2. The Morgan fingerprint density at radius 2 is 2.25 bits per heavy atom. The van der Waals surface area contributed by atoms with Crippen LogP contribution in [0.1, 0.15) is 38.4 Å². The van der Waals surface area contributed by atoms with Crippen molar-refractivity contribution in [1.82, 2.24) is 14.9 Å². The third-order valence-corrected chi connectivity index (χ3v) is 3.92. The molecule has 2 heterocycles. The van der Waals surface area contributed by atoms with Crippen molar-refractivity contribution in [3.05, 3.63) is 24.0 Å². The van der Waals surface area contributed by atoms with E-state index in [0.717, 1.165) is 24.4 Å². The van der Waals surface area contributed by atoms with E-state index >= 15 is 0 Å². The molecule has 0 radical (unpaired) electrons. The van der Waals surface area contributed by atoms with Gasteiger partial charge in [0.15, 0.2) is 0 Å². The summed E-state index contributed by atoms with van der Waals surface area (Å²) < 4.78 is 7.98. The Morgan fingerprint density at radius 1 is 1.40 bits per heavy atom. The summed E-state index contributed by atoms with van der Waals surface area (Å²) in [6, 6.07) is 6.20. The average molecular weight is 273 g/mol. The lowest BCUT2D eigenvalue weighted by atomic mass is 9.99. The maximum Gasteiger partial charge on any atom is 0.121 e. The molecule has 3 rings (SSSR count). The Hall–Kier alpha value is -1.55. The zero-order valence-electron chi connectivity index (χ0n) is 12.5. The fraction of sp³-hybridized carbons (Fsp3) is 0.562. The minimum atomic E-state index is 0.193. The second kappa shape index (κ2) is 5.44. The van der Waals surface area contributed by atoms with Crippen LogP contribution in [-0.4, -0.2) is 28.7 Å². The van der Waals surface area contributed by atoms with E-state index in [0.29, 0.717) is 5.92 Å². The Balaban J connectivity index is 1.96. The molecular formula is C16H23N3O. The van der Waals surface area contributed by atoms with E-state index in [4.69, 9.17) is 9.72 Å². The summed E-state index contributed by atoms with van der Waals surface area (Å²) in [4.78, 5) is 4.85. The maximum absolute atomic E-state index is 5.76. The van der Waals surface area contributed by atoms with Gasteiger partial charge in [0.25, 0.3) is 0 Å². The van der Waals surface area contributed by atoms with Gasteiger partial charge in [-0.15, -0.1) is 0 Å². The molecule has 1 aromatic carbocycles. The van der Waals surface area contributed by atoms with E-state index in [9.17, 15) is 0 Å². The standard InChI is InChI=1S/C16H23N3O/c1-11(2)20-13-6-7-15-14(9-13)18-16(19(15)3)12-5-4-8-17-10-12/h6-7,9,11-12,17H,4-5,8,10H2,1-3H3. The second-order valence-corrected chi connectivity index (χ2v) is 5.89. The van der Waals surface area contributed by atoms with Crippen LogP contribution in [0.25, 0.3) is 11.0 Å². The summed E-state index contributed by atoms with van der Waals surface area (Å²) in [5, 5.41) is 3.46. The molecule has 1 aromatic heterocycles. The Bertz CT molecular complexity index is 597. The molecule has 108 valence electrons. The molecule has 0 amide bonds. The average Bonchev–Trinajstić information content (AvgIpc) is 2.76. The number of hydrogen-bond acceptors (Lipinski definition) is 3. The molecule has 20 heavy (non-hydrogen) atoms. The first-order valence-electron chi connectivity index (χ1n) is 7.49. The van der Waals surface area contributed by atoms with Crippen LogP contribution in [0.15, 0.2) is 18.2 Å². The lowest BCUT2D eigenvalue weighted by Gasteiger charge is -2.22. The van der Waals surface area contributed by atoms with Crippen LogP contribution in [0.4, 0.5) is 0 Å². The van der Waals surface area contributed by atoms with Gasteiger partial charge in [0.2, 0.25) is 0 Å². The molecule has 1 atom stereocenters. The molecule has 4 nitrogen and oxygen atoms in total.